The summed E-state index contributed by atoms with van der Waals surface area (Å²) >= 11 is 0. The van der Waals surface area contributed by atoms with Crippen LogP contribution < -0.4 is 4.74 Å². The molecule has 0 spiro atoms. The molecule has 0 atom stereocenters. The quantitative estimate of drug-likeness (QED) is 0.486. The Hall–Kier alpha value is -3.21. The molecule has 0 amide bonds. The second kappa shape index (κ2) is 7.13. The maximum atomic E-state index is 12.1. The van der Waals surface area contributed by atoms with Gasteiger partial charge in [0.2, 0.25) is 5.90 Å². The Kier molecular flexibility index (Phi) is 4.75. The van der Waals surface area contributed by atoms with Crippen LogP contribution in [0.1, 0.15) is 30.0 Å². The zero-order valence-corrected chi connectivity index (χ0v) is 14.0. The van der Waals surface area contributed by atoms with Gasteiger partial charge in [0.15, 0.2) is 5.70 Å². The largest absolute Gasteiger partial charge is 0.427 e. The average Bonchev–Trinajstić information content (AvgIpc) is 2.96. The summed E-state index contributed by atoms with van der Waals surface area (Å²) in [5.41, 5.74) is 2.66. The highest BCUT2D eigenvalue weighted by Crippen LogP contribution is 2.22. The van der Waals surface area contributed by atoms with Crippen LogP contribution in [0.25, 0.3) is 6.08 Å². The number of nitrogens with zero attached hydrogens (tertiary/aromatic N) is 1. The summed E-state index contributed by atoms with van der Waals surface area (Å²) in [7, 11) is 0. The van der Waals surface area contributed by atoms with Crippen LogP contribution in [0.5, 0.6) is 5.75 Å². The molecule has 0 saturated heterocycles. The topological polar surface area (TPSA) is 65.0 Å². The fraction of sp³-hybridized carbons (Fsp3) is 0.150. The fourth-order valence-corrected chi connectivity index (χ4v) is 2.37. The highest BCUT2D eigenvalue weighted by Gasteiger charge is 2.24. The van der Waals surface area contributed by atoms with Crippen LogP contribution in [-0.2, 0) is 14.3 Å². The van der Waals surface area contributed by atoms with Crippen molar-refractivity contribution in [1.82, 2.24) is 0 Å². The first-order valence-electron chi connectivity index (χ1n) is 7.96. The number of carbonyl (C=O) groups excluding carboxylic acids is 2. The molecular formula is C20H17NO4. The number of hydrogen-bond donors (Lipinski definition) is 0. The standard InChI is InChI=1S/C20H17NO4/c1-3-18(22)24-15-9-6-8-14(11-15)12-17-20(23)25-19(21-17)16-10-5-4-7-13(16)2/h4-12H,3H2,1-2H3. The molecule has 126 valence electrons. The van der Waals surface area contributed by atoms with Gasteiger partial charge in [-0.05, 0) is 42.3 Å². The van der Waals surface area contributed by atoms with Gasteiger partial charge in [-0.15, -0.1) is 0 Å². The van der Waals surface area contributed by atoms with Gasteiger partial charge in [-0.1, -0.05) is 37.3 Å². The summed E-state index contributed by atoms with van der Waals surface area (Å²) in [6.07, 6.45) is 1.90. The number of cyclic esters (lactones) is 1. The first-order valence-corrected chi connectivity index (χ1v) is 7.96. The van der Waals surface area contributed by atoms with Gasteiger partial charge in [0.1, 0.15) is 5.75 Å². The number of ether oxygens (including phenoxy) is 2. The number of carbonyl (C=O) groups is 2. The Labute approximate surface area is 145 Å². The highest BCUT2D eigenvalue weighted by molar-refractivity contribution is 6.13. The maximum absolute atomic E-state index is 12.1. The second-order valence-corrected chi connectivity index (χ2v) is 5.55. The third-order valence-electron chi connectivity index (χ3n) is 3.68. The van der Waals surface area contributed by atoms with Crippen LogP contribution in [0.2, 0.25) is 0 Å². The zero-order chi connectivity index (χ0) is 17.8. The van der Waals surface area contributed by atoms with Crippen molar-refractivity contribution in [2.24, 2.45) is 4.99 Å². The molecule has 3 rings (SSSR count). The Balaban J connectivity index is 1.88. The Bertz CT molecular complexity index is 896. The van der Waals surface area contributed by atoms with Crippen molar-refractivity contribution in [2.75, 3.05) is 0 Å². The average molecular weight is 335 g/mol. The molecule has 2 aromatic carbocycles. The van der Waals surface area contributed by atoms with Crippen molar-refractivity contribution in [3.05, 3.63) is 70.9 Å². The van der Waals surface area contributed by atoms with Gasteiger partial charge in [0.25, 0.3) is 0 Å². The van der Waals surface area contributed by atoms with E-state index in [1.165, 1.54) is 0 Å². The molecule has 0 aromatic heterocycles. The number of hydrogen-bond acceptors (Lipinski definition) is 5. The molecule has 0 bridgehead atoms. The van der Waals surface area contributed by atoms with E-state index < -0.39 is 5.97 Å². The number of esters is 2. The van der Waals surface area contributed by atoms with E-state index in [4.69, 9.17) is 9.47 Å². The van der Waals surface area contributed by atoms with Gasteiger partial charge in [-0.2, -0.15) is 0 Å². The third kappa shape index (κ3) is 3.83. The summed E-state index contributed by atoms with van der Waals surface area (Å²) in [6, 6.07) is 14.5. The number of aliphatic imine (C=N–C) groups is 1. The first kappa shape index (κ1) is 16.6. The van der Waals surface area contributed by atoms with Crippen LogP contribution in [0.3, 0.4) is 0 Å². The van der Waals surface area contributed by atoms with Gasteiger partial charge in [0.05, 0.1) is 0 Å². The minimum atomic E-state index is -0.505. The predicted molar refractivity (Wildman–Crippen MR) is 94.2 cm³/mol. The van der Waals surface area contributed by atoms with Gasteiger partial charge >= 0.3 is 11.9 Å². The van der Waals surface area contributed by atoms with Crippen LogP contribution in [0.15, 0.2) is 59.2 Å². The van der Waals surface area contributed by atoms with Crippen molar-refractivity contribution in [1.29, 1.82) is 0 Å². The second-order valence-electron chi connectivity index (χ2n) is 5.55. The Morgan fingerprint density at radius 1 is 1.20 bits per heavy atom. The van der Waals surface area contributed by atoms with Crippen molar-refractivity contribution in [3.8, 4) is 5.75 Å². The van der Waals surface area contributed by atoms with Gasteiger partial charge in [-0.3, -0.25) is 4.79 Å². The van der Waals surface area contributed by atoms with E-state index in [1.807, 2.05) is 31.2 Å². The van der Waals surface area contributed by atoms with Crippen molar-refractivity contribution in [2.45, 2.75) is 20.3 Å². The van der Waals surface area contributed by atoms with E-state index in [-0.39, 0.29) is 11.7 Å². The van der Waals surface area contributed by atoms with E-state index in [2.05, 4.69) is 4.99 Å². The van der Waals surface area contributed by atoms with Gasteiger partial charge < -0.3 is 9.47 Å². The number of aryl methyl sites for hydroxylation is 1. The minimum Gasteiger partial charge on any atom is -0.427 e. The molecule has 1 aliphatic heterocycles. The van der Waals surface area contributed by atoms with Crippen LogP contribution >= 0.6 is 0 Å². The van der Waals surface area contributed by atoms with Crippen LogP contribution in [0.4, 0.5) is 0 Å². The number of benzene rings is 2. The van der Waals surface area contributed by atoms with E-state index in [0.717, 1.165) is 11.1 Å². The molecule has 0 saturated carbocycles. The molecule has 5 heteroatoms. The summed E-state index contributed by atoms with van der Waals surface area (Å²) in [4.78, 5) is 27.8. The van der Waals surface area contributed by atoms with Crippen molar-refractivity contribution >= 4 is 23.9 Å². The van der Waals surface area contributed by atoms with E-state index in [0.29, 0.717) is 23.6 Å². The molecule has 25 heavy (non-hydrogen) atoms. The lowest BCUT2D eigenvalue weighted by Gasteiger charge is -2.03. The first-order chi connectivity index (χ1) is 12.1. The molecule has 0 unspecified atom stereocenters. The molecule has 1 heterocycles. The van der Waals surface area contributed by atoms with Gasteiger partial charge in [0, 0.05) is 12.0 Å². The highest BCUT2D eigenvalue weighted by atomic mass is 16.6. The lowest BCUT2D eigenvalue weighted by atomic mass is 10.1. The fourth-order valence-electron chi connectivity index (χ4n) is 2.37. The van der Waals surface area contributed by atoms with Gasteiger partial charge in [-0.25, -0.2) is 9.79 Å². The van der Waals surface area contributed by atoms with Crippen molar-refractivity contribution < 1.29 is 19.1 Å². The number of rotatable bonds is 4. The normalized spacial score (nSPS) is 15.0. The lowest BCUT2D eigenvalue weighted by Crippen LogP contribution is -2.06. The Morgan fingerprint density at radius 3 is 2.76 bits per heavy atom. The molecule has 0 aliphatic carbocycles. The molecule has 1 aliphatic rings. The zero-order valence-electron chi connectivity index (χ0n) is 14.0. The summed E-state index contributed by atoms with van der Waals surface area (Å²) in [5, 5.41) is 0. The van der Waals surface area contributed by atoms with Crippen molar-refractivity contribution in [3.63, 3.8) is 0 Å². The van der Waals surface area contributed by atoms with E-state index in [1.54, 1.807) is 37.3 Å². The molecule has 0 fully saturated rings. The SMILES string of the molecule is CCC(=O)Oc1cccc(C=C2N=C(c3ccccc3C)OC2=O)c1. The lowest BCUT2D eigenvalue weighted by molar-refractivity contribution is -0.134. The maximum Gasteiger partial charge on any atom is 0.363 e. The summed E-state index contributed by atoms with van der Waals surface area (Å²) in [5.74, 6) is -0.0993. The molecule has 2 aromatic rings. The smallest absolute Gasteiger partial charge is 0.363 e. The third-order valence-corrected chi connectivity index (χ3v) is 3.68. The van der Waals surface area contributed by atoms with Crippen LogP contribution in [0, 0.1) is 6.92 Å². The van der Waals surface area contributed by atoms with Crippen LogP contribution in [-0.4, -0.2) is 17.8 Å². The Morgan fingerprint density at radius 2 is 2.00 bits per heavy atom. The predicted octanol–water partition coefficient (Wildman–Crippen LogP) is 3.65. The molecule has 0 radical (unpaired) electrons. The van der Waals surface area contributed by atoms with E-state index in [9.17, 15) is 9.59 Å². The molecule has 5 nitrogen and oxygen atoms in total. The monoisotopic (exact) mass is 335 g/mol. The molecule has 0 N–H and O–H groups in total. The minimum absolute atomic E-state index is 0.206. The molecular weight excluding hydrogens is 318 g/mol. The summed E-state index contributed by atoms with van der Waals surface area (Å²) in [6.45, 7) is 3.66. The summed E-state index contributed by atoms with van der Waals surface area (Å²) < 4.78 is 10.5. The van der Waals surface area contributed by atoms with E-state index >= 15 is 0 Å².